The third kappa shape index (κ3) is 10.6. The maximum atomic E-state index is 14.0. The van der Waals surface area contributed by atoms with E-state index in [1.807, 2.05) is 13.8 Å². The molecule has 274 valence electrons. The maximum Gasteiger partial charge on any atom is 0.228 e. The van der Waals surface area contributed by atoms with Gasteiger partial charge in [0.05, 0.1) is 55.3 Å². The van der Waals surface area contributed by atoms with Gasteiger partial charge in [0.25, 0.3) is 0 Å². The molecule has 1 aliphatic heterocycles. The molecule has 0 aliphatic carbocycles. The molecule has 1 saturated heterocycles. The lowest BCUT2D eigenvalue weighted by Gasteiger charge is -2.50. The molecule has 2 unspecified atom stereocenters. The van der Waals surface area contributed by atoms with E-state index >= 15 is 0 Å². The Morgan fingerprint density at radius 2 is 1.48 bits per heavy atom. The molecule has 3 amide bonds. The van der Waals surface area contributed by atoms with Gasteiger partial charge in [0.2, 0.25) is 23.3 Å². The van der Waals surface area contributed by atoms with Crippen molar-refractivity contribution in [3.8, 4) is 6.07 Å². The number of rotatable bonds is 19. The second-order valence-corrected chi connectivity index (χ2v) is 14.7. The largest absolute Gasteiger partial charge is 0.395 e. The molecule has 0 radical (unpaired) electrons. The zero-order valence-electron chi connectivity index (χ0n) is 29.9. The van der Waals surface area contributed by atoms with E-state index in [1.54, 1.807) is 41.5 Å². The molecule has 0 aromatic carbocycles. The number of nitrogens with one attached hydrogen (secondary N) is 3. The highest BCUT2D eigenvalue weighted by atomic mass is 16.7. The van der Waals surface area contributed by atoms with Crippen LogP contribution >= 0.6 is 0 Å². The molecule has 1 heterocycles. The van der Waals surface area contributed by atoms with Crippen molar-refractivity contribution in [1.29, 1.82) is 5.26 Å². The first-order valence-electron chi connectivity index (χ1n) is 16.2. The quantitative estimate of drug-likeness (QED) is 0.0722. The molecule has 1 rings (SSSR count). The van der Waals surface area contributed by atoms with Crippen LogP contribution in [0, 0.1) is 39.6 Å². The number of nitriles is 1. The Labute approximate surface area is 284 Å². The topological polar surface area (TPSA) is 224 Å². The Morgan fingerprint density at radius 1 is 0.896 bits per heavy atom. The zero-order chi connectivity index (χ0) is 37.1. The second-order valence-electron chi connectivity index (χ2n) is 14.7. The average Bonchev–Trinajstić information content (AvgIpc) is 3.01. The van der Waals surface area contributed by atoms with Gasteiger partial charge in [0, 0.05) is 40.3 Å². The first-order valence-corrected chi connectivity index (χ1v) is 16.2. The van der Waals surface area contributed by atoms with E-state index in [0.717, 1.165) is 0 Å². The van der Waals surface area contributed by atoms with E-state index in [9.17, 15) is 40.1 Å². The summed E-state index contributed by atoms with van der Waals surface area (Å²) in [5.41, 5.74) is -5.43. The number of carbonyl (C=O) groups excluding carboxylic acids is 3. The van der Waals surface area contributed by atoms with Gasteiger partial charge in [-0.25, -0.2) is 6.57 Å². The summed E-state index contributed by atoms with van der Waals surface area (Å²) in [4.78, 5) is 42.8. The SMILES string of the molecule is [C-]#[N+]C(C)(C)CC(C)(C(=O)NCCOCCO[C@@H]1O[C@H](CO)[C@H](O)[C@H](O)[C@H]1NC(C)=O)C(C)(C)CC(C)(C(=O)NCCO)C(C)(C)C#N. The molecule has 0 aromatic rings. The van der Waals surface area contributed by atoms with E-state index < -0.39 is 76.3 Å². The van der Waals surface area contributed by atoms with Gasteiger partial charge in [-0.2, -0.15) is 5.26 Å². The van der Waals surface area contributed by atoms with Crippen molar-refractivity contribution < 1.29 is 49.0 Å². The Bertz CT molecular complexity index is 1180. The highest BCUT2D eigenvalue weighted by Gasteiger charge is 2.58. The molecule has 15 heteroatoms. The number of ether oxygens (including phenoxy) is 3. The van der Waals surface area contributed by atoms with Gasteiger partial charge >= 0.3 is 0 Å². The van der Waals surface area contributed by atoms with E-state index in [0.29, 0.717) is 0 Å². The predicted molar refractivity (Wildman–Crippen MR) is 175 cm³/mol. The van der Waals surface area contributed by atoms with Crippen molar-refractivity contribution in [3.05, 3.63) is 11.4 Å². The van der Waals surface area contributed by atoms with E-state index in [1.165, 1.54) is 6.92 Å². The smallest absolute Gasteiger partial charge is 0.228 e. The van der Waals surface area contributed by atoms with Crippen molar-refractivity contribution in [2.24, 2.45) is 21.7 Å². The van der Waals surface area contributed by atoms with Gasteiger partial charge in [0.15, 0.2) is 6.29 Å². The van der Waals surface area contributed by atoms with Crippen LogP contribution in [0.15, 0.2) is 0 Å². The van der Waals surface area contributed by atoms with Crippen LogP contribution in [0.3, 0.4) is 0 Å². The fourth-order valence-electron chi connectivity index (χ4n) is 6.05. The zero-order valence-corrected chi connectivity index (χ0v) is 29.9. The molecule has 7 atom stereocenters. The highest BCUT2D eigenvalue weighted by Crippen LogP contribution is 2.55. The van der Waals surface area contributed by atoms with Gasteiger partial charge in [-0.15, -0.1) is 0 Å². The number of carbonyl (C=O) groups is 3. The molecule has 1 fully saturated rings. The summed E-state index contributed by atoms with van der Waals surface area (Å²) in [5, 5.41) is 57.4. The second kappa shape index (κ2) is 17.7. The van der Waals surface area contributed by atoms with Crippen LogP contribution in [0.5, 0.6) is 0 Å². The summed E-state index contributed by atoms with van der Waals surface area (Å²) < 4.78 is 16.8. The Balaban J connectivity index is 3.01. The van der Waals surface area contributed by atoms with Gasteiger partial charge in [-0.1, -0.05) is 13.8 Å². The Hall–Kier alpha value is -2.89. The van der Waals surface area contributed by atoms with E-state index in [4.69, 9.17) is 20.8 Å². The third-order valence-corrected chi connectivity index (χ3v) is 9.73. The van der Waals surface area contributed by atoms with Crippen LogP contribution in [0.1, 0.15) is 75.2 Å². The number of hydrogen-bond donors (Lipinski definition) is 7. The number of amides is 3. The molecule has 0 bridgehead atoms. The molecule has 1 aliphatic rings. The van der Waals surface area contributed by atoms with Crippen molar-refractivity contribution in [3.63, 3.8) is 0 Å². The minimum atomic E-state index is -1.44. The summed E-state index contributed by atoms with van der Waals surface area (Å²) in [7, 11) is 0. The summed E-state index contributed by atoms with van der Waals surface area (Å²) in [5.74, 6) is -1.25. The predicted octanol–water partition coefficient (Wildman–Crippen LogP) is 0.255. The van der Waals surface area contributed by atoms with E-state index in [-0.39, 0.29) is 58.3 Å². The average molecular weight is 684 g/mol. The highest BCUT2D eigenvalue weighted by molar-refractivity contribution is 5.85. The lowest BCUT2D eigenvalue weighted by Crippen LogP contribution is -2.64. The van der Waals surface area contributed by atoms with Crippen molar-refractivity contribution in [1.82, 2.24) is 16.0 Å². The fraction of sp³-hybridized carbons (Fsp3) is 0.848. The number of hydrogen-bond acceptors (Lipinski definition) is 11. The minimum absolute atomic E-state index is 0.0156. The summed E-state index contributed by atoms with van der Waals surface area (Å²) in [6.07, 6.45) is -4.87. The lowest BCUT2D eigenvalue weighted by molar-refractivity contribution is -0.272. The first-order chi connectivity index (χ1) is 22.1. The van der Waals surface area contributed by atoms with Crippen molar-refractivity contribution in [2.45, 2.75) is 111 Å². The fourth-order valence-corrected chi connectivity index (χ4v) is 6.05. The minimum Gasteiger partial charge on any atom is -0.395 e. The molecular weight excluding hydrogens is 626 g/mol. The summed E-state index contributed by atoms with van der Waals surface area (Å²) in [6.45, 7) is 22.3. The van der Waals surface area contributed by atoms with Gasteiger partial charge in [0.1, 0.15) is 24.4 Å². The lowest BCUT2D eigenvalue weighted by atomic mass is 9.52. The number of aliphatic hydroxyl groups excluding tert-OH is 4. The maximum absolute atomic E-state index is 14.0. The molecule has 48 heavy (non-hydrogen) atoms. The Morgan fingerprint density at radius 3 is 2.00 bits per heavy atom. The molecule has 0 aromatic heterocycles. The van der Waals surface area contributed by atoms with Crippen molar-refractivity contribution in [2.75, 3.05) is 46.1 Å². The van der Waals surface area contributed by atoms with Crippen molar-refractivity contribution >= 4 is 17.7 Å². The first kappa shape index (κ1) is 43.1. The molecule has 0 spiro atoms. The molecular formula is C33H57N5O10. The van der Waals surface area contributed by atoms with Crippen LogP contribution < -0.4 is 16.0 Å². The molecule has 7 N–H and O–H groups in total. The van der Waals surface area contributed by atoms with E-state index in [2.05, 4.69) is 26.9 Å². The van der Waals surface area contributed by atoms with Crippen LogP contribution in [0.2, 0.25) is 0 Å². The van der Waals surface area contributed by atoms with Crippen LogP contribution in [-0.2, 0) is 28.6 Å². The number of nitrogens with zero attached hydrogens (tertiary/aromatic N) is 2. The molecule has 15 nitrogen and oxygen atoms in total. The van der Waals surface area contributed by atoms with Crippen LogP contribution in [0.4, 0.5) is 0 Å². The third-order valence-electron chi connectivity index (χ3n) is 9.73. The monoisotopic (exact) mass is 683 g/mol. The molecule has 0 saturated carbocycles. The standard InChI is InChI=1S/C33H57N5O10/c1-21(41)38-23-25(43)24(42)22(17-40)48-26(23)47-16-15-46-14-12-37-28(45)33(9,19-31(6,7)35-10)29(2,3)18-32(8,30(4,5)20-34)27(44)36-11-13-39/h22-26,39-40,42-43H,11-19H2,1-9H3,(H,36,44)(H,37,45)(H,38,41)/t22-,23-,24+,25-,26-,32?,33?/m1/s1. The Kier molecular flexibility index (Phi) is 15.9. The van der Waals surface area contributed by atoms with Gasteiger partial charge in [-0.3, -0.25) is 14.4 Å². The normalized spacial score (nSPS) is 24.3. The van der Waals surface area contributed by atoms with Crippen LogP contribution in [-0.4, -0.2) is 120 Å². The van der Waals surface area contributed by atoms with Crippen LogP contribution in [0.25, 0.3) is 4.85 Å². The number of aliphatic hydroxyl groups is 4. The van der Waals surface area contributed by atoms with Gasteiger partial charge in [-0.05, 0) is 39.5 Å². The summed E-state index contributed by atoms with van der Waals surface area (Å²) >= 11 is 0. The summed E-state index contributed by atoms with van der Waals surface area (Å²) in [6, 6.07) is 1.16. The van der Waals surface area contributed by atoms with Gasteiger partial charge < -0.3 is 55.4 Å².